The number of phosphoric acid groups is 2. The number of rotatable bonds is 2. The Morgan fingerprint density at radius 3 is 1.08 bits per heavy atom. The van der Waals surface area contributed by atoms with Crippen molar-refractivity contribution in [3.05, 3.63) is 0 Å². The maximum Gasteiger partial charge on any atom is 2.00 e. The van der Waals surface area contributed by atoms with Gasteiger partial charge in [-0.05, 0) is 0 Å². The van der Waals surface area contributed by atoms with Crippen molar-refractivity contribution in [3.63, 3.8) is 0 Å². The van der Waals surface area contributed by atoms with Gasteiger partial charge in [0.15, 0.2) is 0 Å². The summed E-state index contributed by atoms with van der Waals surface area (Å²) < 4.78 is 21.2. The second-order valence-corrected chi connectivity index (χ2v) is 3.42. The molecule has 0 aliphatic heterocycles. The van der Waals surface area contributed by atoms with E-state index in [4.69, 9.17) is 0 Å². The Morgan fingerprint density at radius 2 is 1.08 bits per heavy atom. The molecule has 0 N–H and O–H groups in total. The van der Waals surface area contributed by atoms with Gasteiger partial charge < -0.3 is 33.0 Å². The maximum atomic E-state index is 9.32. The van der Waals surface area contributed by atoms with Crippen LogP contribution in [-0.4, -0.2) is 0 Å². The van der Waals surface area contributed by atoms with Crippen molar-refractivity contribution >= 4 is 15.6 Å². The van der Waals surface area contributed by atoms with E-state index in [0.717, 1.165) is 0 Å². The molecule has 0 amide bonds. The summed E-state index contributed by atoms with van der Waals surface area (Å²) in [6, 6.07) is 0. The first-order valence-corrected chi connectivity index (χ1v) is 4.38. The smallest absolute Gasteiger partial charge is 0.790 e. The SMILES string of the molecule is O=P([O-])([O-])OP(=O)([O-])[O-].[Cu+2].[Fe+2].[Na+]. The minimum Gasteiger partial charge on any atom is -0.790 e. The van der Waals surface area contributed by atoms with Crippen molar-refractivity contribution in [1.82, 2.24) is 0 Å². The van der Waals surface area contributed by atoms with Crippen molar-refractivity contribution < 1.29 is 96.7 Å². The Labute approximate surface area is 111 Å². The summed E-state index contributed by atoms with van der Waals surface area (Å²) in [4.78, 5) is 37.3. The quantitative estimate of drug-likeness (QED) is 0.365. The summed E-state index contributed by atoms with van der Waals surface area (Å²) in [5.74, 6) is 0. The van der Waals surface area contributed by atoms with Gasteiger partial charge in [-0.2, -0.15) is 0 Å². The summed E-state index contributed by atoms with van der Waals surface area (Å²) in [7, 11) is -11.4. The molecule has 0 saturated heterocycles. The van der Waals surface area contributed by atoms with Crippen molar-refractivity contribution in [2.75, 3.05) is 0 Å². The zero-order valence-corrected chi connectivity index (χ0v) is 11.2. The van der Waals surface area contributed by atoms with E-state index in [2.05, 4.69) is 4.31 Å². The summed E-state index contributed by atoms with van der Waals surface area (Å²) in [5, 5.41) is 0. The van der Waals surface area contributed by atoms with Crippen LogP contribution in [0.3, 0.4) is 0 Å². The van der Waals surface area contributed by atoms with Gasteiger partial charge in [-0.3, -0.25) is 0 Å². The molecule has 12 heteroatoms. The molecule has 0 fully saturated rings. The van der Waals surface area contributed by atoms with Gasteiger partial charge in [0.1, 0.15) is 0 Å². The zero-order chi connectivity index (χ0) is 7.71. The average Bonchev–Trinajstić information content (AvgIpc) is 1.14. The average molecular weight is 316 g/mol. The summed E-state index contributed by atoms with van der Waals surface area (Å²) >= 11 is 0. The van der Waals surface area contributed by atoms with Gasteiger partial charge in [-0.1, -0.05) is 0 Å². The topological polar surface area (TPSA) is 136 Å². The van der Waals surface area contributed by atoms with Crippen molar-refractivity contribution in [3.8, 4) is 0 Å². The standard InChI is InChI=1S/Cu.Fe.Na.H4O7P2/c;;;1-8(2,3)7-9(4,5)6/h;;;(H2,1,2,3)(H2,4,5,6)/q2*+2;+1;/p-4. The van der Waals surface area contributed by atoms with Gasteiger partial charge in [0.2, 0.25) is 0 Å². The van der Waals surface area contributed by atoms with Gasteiger partial charge in [0, 0.05) is 0 Å². The maximum absolute atomic E-state index is 9.32. The fourth-order valence-corrected chi connectivity index (χ4v) is 1.10. The van der Waals surface area contributed by atoms with E-state index < -0.39 is 15.6 Å². The van der Waals surface area contributed by atoms with E-state index in [1.165, 1.54) is 0 Å². The first-order chi connectivity index (χ1) is 3.71. The molecule has 0 bridgehead atoms. The normalized spacial score (nSPS) is 10.3. The predicted octanol–water partition coefficient (Wildman–Crippen LogP) is -6.34. The second kappa shape index (κ2) is 8.59. The molecular weight excluding hydrogens is 316 g/mol. The molecule has 0 saturated carbocycles. The Bertz CT molecular complexity index is 162. The molecule has 0 aliphatic rings. The van der Waals surface area contributed by atoms with Crippen LogP contribution in [0.4, 0.5) is 0 Å². The summed E-state index contributed by atoms with van der Waals surface area (Å²) in [6.07, 6.45) is 0. The van der Waals surface area contributed by atoms with E-state index in [-0.39, 0.29) is 63.7 Å². The predicted molar refractivity (Wildman–Crippen MR) is 16.3 cm³/mol. The molecule has 0 aliphatic carbocycles. The van der Waals surface area contributed by atoms with Crippen LogP contribution in [0.15, 0.2) is 0 Å². The first kappa shape index (κ1) is 23.8. The van der Waals surface area contributed by atoms with Crippen LogP contribution in [0, 0.1) is 0 Å². The molecular formula is CuFeNaO7P2+. The third kappa shape index (κ3) is 22.8. The molecule has 0 spiro atoms. The molecule has 0 atom stereocenters. The summed E-state index contributed by atoms with van der Waals surface area (Å²) in [5.41, 5.74) is 0. The molecule has 71 valence electrons. The van der Waals surface area contributed by atoms with E-state index in [0.29, 0.717) is 0 Å². The van der Waals surface area contributed by atoms with Gasteiger partial charge in [-0.15, -0.1) is 0 Å². The van der Waals surface area contributed by atoms with Gasteiger partial charge in [0.25, 0.3) is 0 Å². The molecule has 0 aromatic carbocycles. The van der Waals surface area contributed by atoms with Gasteiger partial charge in [-0.25, -0.2) is 0 Å². The van der Waals surface area contributed by atoms with Gasteiger partial charge in [0.05, 0.1) is 15.6 Å². The van der Waals surface area contributed by atoms with Crippen molar-refractivity contribution in [2.45, 2.75) is 0 Å². The molecule has 0 aromatic rings. The minimum atomic E-state index is -5.68. The molecule has 12 heavy (non-hydrogen) atoms. The minimum absolute atomic E-state index is 0. The van der Waals surface area contributed by atoms with Crippen LogP contribution in [0.2, 0.25) is 0 Å². The Morgan fingerprint density at radius 1 is 0.917 bits per heavy atom. The van der Waals surface area contributed by atoms with Crippen LogP contribution in [0.25, 0.3) is 0 Å². The van der Waals surface area contributed by atoms with E-state index in [1.807, 2.05) is 0 Å². The number of hydrogen-bond acceptors (Lipinski definition) is 7. The fourth-order valence-electron chi connectivity index (χ4n) is 0.122. The van der Waals surface area contributed by atoms with Crippen LogP contribution >= 0.6 is 15.6 Å². The van der Waals surface area contributed by atoms with Gasteiger partial charge >= 0.3 is 63.7 Å². The molecule has 1 radical (unpaired) electrons. The fraction of sp³-hybridized carbons (Fsp3) is 0. The molecule has 0 heterocycles. The largest absolute Gasteiger partial charge is 2.00 e. The van der Waals surface area contributed by atoms with E-state index >= 15 is 0 Å². The monoisotopic (exact) mass is 316 g/mol. The van der Waals surface area contributed by atoms with E-state index in [1.54, 1.807) is 0 Å². The first-order valence-electron chi connectivity index (χ1n) is 1.46. The molecule has 0 unspecified atom stereocenters. The van der Waals surface area contributed by atoms with Crippen LogP contribution in [0.1, 0.15) is 0 Å². The van der Waals surface area contributed by atoms with E-state index in [9.17, 15) is 28.7 Å². The third-order valence-corrected chi connectivity index (χ3v) is 1.80. The Balaban J connectivity index is -0.000000107. The van der Waals surface area contributed by atoms with Crippen molar-refractivity contribution in [1.29, 1.82) is 0 Å². The molecule has 0 aromatic heterocycles. The molecule has 7 nitrogen and oxygen atoms in total. The van der Waals surface area contributed by atoms with Crippen molar-refractivity contribution in [2.24, 2.45) is 0 Å². The Hall–Kier alpha value is 2.30. The molecule has 0 rings (SSSR count). The summed E-state index contributed by atoms with van der Waals surface area (Å²) in [6.45, 7) is 0. The Kier molecular flexibility index (Phi) is 17.1. The second-order valence-electron chi connectivity index (χ2n) is 0.976. The number of hydrogen-bond donors (Lipinski definition) is 0. The van der Waals surface area contributed by atoms with Crippen LogP contribution in [0.5, 0.6) is 0 Å². The third-order valence-electron chi connectivity index (χ3n) is 0.200. The zero-order valence-electron chi connectivity index (χ0n) is 5.41. The van der Waals surface area contributed by atoms with Crippen LogP contribution in [-0.2, 0) is 47.6 Å². The van der Waals surface area contributed by atoms with Crippen LogP contribution < -0.4 is 49.1 Å².